The lowest BCUT2D eigenvalue weighted by Crippen LogP contribution is -2.29. The summed E-state index contributed by atoms with van der Waals surface area (Å²) in [5.74, 6) is 2.14. The second-order valence-corrected chi connectivity index (χ2v) is 4.84. The molecule has 60 valence electrons. The van der Waals surface area contributed by atoms with Crippen molar-refractivity contribution >= 4 is 11.8 Å². The molecule has 0 aromatic rings. The molecule has 1 fully saturated rings. The Kier molecular flexibility index (Phi) is 3.05. The summed E-state index contributed by atoms with van der Waals surface area (Å²) in [6.45, 7) is 6.82. The summed E-state index contributed by atoms with van der Waals surface area (Å²) in [7, 11) is 0. The van der Waals surface area contributed by atoms with Gasteiger partial charge in [-0.2, -0.15) is 0 Å². The smallest absolute Gasteiger partial charge is 0.0506 e. The van der Waals surface area contributed by atoms with Crippen LogP contribution < -0.4 is 5.32 Å². The lowest BCUT2D eigenvalue weighted by atomic mass is 10.1. The largest absolute Gasteiger partial charge is 0.302 e. The summed E-state index contributed by atoms with van der Waals surface area (Å²) in [6, 6.07) is 0.778. The Bertz CT molecular complexity index is 103. The standard InChI is InChI=1S/C8H17NS/c1-6(2)4-8-5-10-7(3)9-8/h6-9H,4-5H2,1-3H3. The molecule has 0 aliphatic carbocycles. The summed E-state index contributed by atoms with van der Waals surface area (Å²) >= 11 is 2.04. The molecule has 0 spiro atoms. The third kappa shape index (κ3) is 2.51. The molecule has 0 aromatic heterocycles. The molecule has 10 heavy (non-hydrogen) atoms. The zero-order valence-corrected chi connectivity index (χ0v) is 7.87. The molecule has 2 atom stereocenters. The van der Waals surface area contributed by atoms with Crippen LogP contribution in [0.4, 0.5) is 0 Å². The van der Waals surface area contributed by atoms with Gasteiger partial charge in [0, 0.05) is 11.8 Å². The minimum atomic E-state index is 0.684. The summed E-state index contributed by atoms with van der Waals surface area (Å²) in [4.78, 5) is 0. The van der Waals surface area contributed by atoms with E-state index in [0.717, 1.165) is 12.0 Å². The van der Waals surface area contributed by atoms with Gasteiger partial charge in [0.1, 0.15) is 0 Å². The van der Waals surface area contributed by atoms with E-state index < -0.39 is 0 Å². The molecule has 1 aliphatic rings. The highest BCUT2D eigenvalue weighted by molar-refractivity contribution is 8.00. The van der Waals surface area contributed by atoms with Gasteiger partial charge in [-0.1, -0.05) is 13.8 Å². The molecule has 1 aliphatic heterocycles. The topological polar surface area (TPSA) is 12.0 Å². The molecular weight excluding hydrogens is 142 g/mol. The molecule has 0 bridgehead atoms. The monoisotopic (exact) mass is 159 g/mol. The average molecular weight is 159 g/mol. The normalized spacial score (nSPS) is 33.6. The van der Waals surface area contributed by atoms with Crippen LogP contribution in [-0.2, 0) is 0 Å². The van der Waals surface area contributed by atoms with Crippen LogP contribution in [0.3, 0.4) is 0 Å². The van der Waals surface area contributed by atoms with Crippen molar-refractivity contribution in [1.82, 2.24) is 5.32 Å². The van der Waals surface area contributed by atoms with Crippen molar-refractivity contribution in [3.8, 4) is 0 Å². The highest BCUT2D eigenvalue weighted by Crippen LogP contribution is 2.21. The molecule has 0 radical (unpaired) electrons. The predicted octanol–water partition coefficient (Wildman–Crippen LogP) is 2.08. The van der Waals surface area contributed by atoms with Crippen LogP contribution in [0.2, 0.25) is 0 Å². The van der Waals surface area contributed by atoms with E-state index in [-0.39, 0.29) is 0 Å². The molecule has 1 saturated heterocycles. The highest BCUT2D eigenvalue weighted by atomic mass is 32.2. The molecule has 1 N–H and O–H groups in total. The van der Waals surface area contributed by atoms with Gasteiger partial charge in [-0.15, -0.1) is 11.8 Å². The summed E-state index contributed by atoms with van der Waals surface area (Å²) < 4.78 is 0. The van der Waals surface area contributed by atoms with Gasteiger partial charge < -0.3 is 5.32 Å². The van der Waals surface area contributed by atoms with Crippen LogP contribution in [0.15, 0.2) is 0 Å². The van der Waals surface area contributed by atoms with Gasteiger partial charge in [-0.25, -0.2) is 0 Å². The Hall–Kier alpha value is 0.310. The van der Waals surface area contributed by atoms with Gasteiger partial charge in [0.25, 0.3) is 0 Å². The van der Waals surface area contributed by atoms with E-state index in [1.165, 1.54) is 12.2 Å². The Labute approximate surface area is 68.0 Å². The molecule has 2 heteroatoms. The molecule has 0 aromatic carbocycles. The number of hydrogen-bond donors (Lipinski definition) is 1. The highest BCUT2D eigenvalue weighted by Gasteiger charge is 2.20. The van der Waals surface area contributed by atoms with Gasteiger partial charge >= 0.3 is 0 Å². The Morgan fingerprint density at radius 2 is 2.30 bits per heavy atom. The second kappa shape index (κ2) is 3.63. The molecule has 1 heterocycles. The Morgan fingerprint density at radius 3 is 2.70 bits per heavy atom. The van der Waals surface area contributed by atoms with Crippen LogP contribution in [0, 0.1) is 5.92 Å². The van der Waals surface area contributed by atoms with Crippen molar-refractivity contribution in [1.29, 1.82) is 0 Å². The van der Waals surface area contributed by atoms with E-state index in [4.69, 9.17) is 0 Å². The Morgan fingerprint density at radius 1 is 1.60 bits per heavy atom. The van der Waals surface area contributed by atoms with Crippen molar-refractivity contribution < 1.29 is 0 Å². The maximum absolute atomic E-state index is 3.55. The Balaban J connectivity index is 2.18. The minimum absolute atomic E-state index is 0.684. The van der Waals surface area contributed by atoms with Gasteiger partial charge in [-0.3, -0.25) is 0 Å². The summed E-state index contributed by atoms with van der Waals surface area (Å²) in [5.41, 5.74) is 0. The molecule has 0 amide bonds. The molecule has 1 rings (SSSR count). The van der Waals surface area contributed by atoms with Gasteiger partial charge in [0.2, 0.25) is 0 Å². The number of hydrogen-bond acceptors (Lipinski definition) is 2. The van der Waals surface area contributed by atoms with Crippen LogP contribution in [-0.4, -0.2) is 17.2 Å². The lowest BCUT2D eigenvalue weighted by Gasteiger charge is -2.12. The first kappa shape index (κ1) is 8.41. The SMILES string of the molecule is CC(C)CC1CSC(C)N1. The van der Waals surface area contributed by atoms with E-state index in [0.29, 0.717) is 5.37 Å². The fourth-order valence-corrected chi connectivity index (χ4v) is 2.44. The van der Waals surface area contributed by atoms with Crippen LogP contribution in [0.5, 0.6) is 0 Å². The van der Waals surface area contributed by atoms with E-state index in [1.807, 2.05) is 11.8 Å². The average Bonchev–Trinajstić information content (AvgIpc) is 2.13. The summed E-state index contributed by atoms with van der Waals surface area (Å²) in [6.07, 6.45) is 1.33. The van der Waals surface area contributed by atoms with Crippen molar-refractivity contribution in [3.05, 3.63) is 0 Å². The molecule has 0 saturated carbocycles. The number of thioether (sulfide) groups is 1. The van der Waals surface area contributed by atoms with E-state index in [2.05, 4.69) is 26.1 Å². The molecule has 1 nitrogen and oxygen atoms in total. The third-order valence-electron chi connectivity index (χ3n) is 1.77. The van der Waals surface area contributed by atoms with Crippen molar-refractivity contribution in [2.45, 2.75) is 38.6 Å². The van der Waals surface area contributed by atoms with Crippen LogP contribution in [0.25, 0.3) is 0 Å². The van der Waals surface area contributed by atoms with E-state index in [9.17, 15) is 0 Å². The lowest BCUT2D eigenvalue weighted by molar-refractivity contribution is 0.462. The number of rotatable bonds is 2. The second-order valence-electron chi connectivity index (χ2n) is 3.47. The first-order valence-corrected chi connectivity index (χ1v) is 5.11. The van der Waals surface area contributed by atoms with Crippen LogP contribution in [0.1, 0.15) is 27.2 Å². The fraction of sp³-hybridized carbons (Fsp3) is 1.00. The zero-order chi connectivity index (χ0) is 7.56. The van der Waals surface area contributed by atoms with Crippen molar-refractivity contribution in [3.63, 3.8) is 0 Å². The number of nitrogens with one attached hydrogen (secondary N) is 1. The first-order chi connectivity index (χ1) is 4.68. The van der Waals surface area contributed by atoms with Crippen molar-refractivity contribution in [2.75, 3.05) is 5.75 Å². The fourth-order valence-electron chi connectivity index (χ4n) is 1.39. The molecular formula is C8H17NS. The van der Waals surface area contributed by atoms with E-state index in [1.54, 1.807) is 0 Å². The van der Waals surface area contributed by atoms with Gasteiger partial charge in [0.05, 0.1) is 5.37 Å². The van der Waals surface area contributed by atoms with Gasteiger partial charge in [0.15, 0.2) is 0 Å². The maximum Gasteiger partial charge on any atom is 0.0506 e. The van der Waals surface area contributed by atoms with Gasteiger partial charge in [-0.05, 0) is 19.3 Å². The zero-order valence-electron chi connectivity index (χ0n) is 7.05. The molecule has 2 unspecified atom stereocenters. The first-order valence-electron chi connectivity index (χ1n) is 4.06. The van der Waals surface area contributed by atoms with Crippen LogP contribution >= 0.6 is 11.8 Å². The predicted molar refractivity (Wildman–Crippen MR) is 48.3 cm³/mol. The van der Waals surface area contributed by atoms with Crippen molar-refractivity contribution in [2.24, 2.45) is 5.92 Å². The maximum atomic E-state index is 3.55. The third-order valence-corrected chi connectivity index (χ3v) is 3.00. The summed E-state index contributed by atoms with van der Waals surface area (Å²) in [5, 5.41) is 4.23. The minimum Gasteiger partial charge on any atom is -0.302 e. The van der Waals surface area contributed by atoms with E-state index >= 15 is 0 Å². The quantitative estimate of drug-likeness (QED) is 0.662.